The molecule has 1 aromatic heterocycles. The van der Waals surface area contributed by atoms with Gasteiger partial charge in [-0.25, -0.2) is 5.43 Å². The summed E-state index contributed by atoms with van der Waals surface area (Å²) in [5.74, 6) is 0.740. The molecular weight excluding hydrogens is 400 g/mol. The molecule has 9 heteroatoms. The molecule has 0 bridgehead atoms. The lowest BCUT2D eigenvalue weighted by Gasteiger charge is -2.04. The maximum Gasteiger partial charge on any atom is 0.263 e. The summed E-state index contributed by atoms with van der Waals surface area (Å²) in [5.41, 5.74) is 3.99. The van der Waals surface area contributed by atoms with Crippen molar-refractivity contribution in [2.75, 3.05) is 7.11 Å². The number of rotatable bonds is 6. The third-order valence-corrected chi connectivity index (χ3v) is 3.85. The first kappa shape index (κ1) is 17.7. The van der Waals surface area contributed by atoms with E-state index in [1.165, 1.54) is 11.0 Å². The summed E-state index contributed by atoms with van der Waals surface area (Å²) < 4.78 is 6.12. The number of ether oxygens (including phenoxy) is 1. The Bertz CT molecular complexity index is 926. The quantitative estimate of drug-likeness (QED) is 0.493. The maximum atomic E-state index is 12.0. The Kier molecular flexibility index (Phi) is 5.69. The van der Waals surface area contributed by atoms with Gasteiger partial charge in [0.2, 0.25) is 5.82 Å². The highest BCUT2D eigenvalue weighted by molar-refractivity contribution is 9.10. The van der Waals surface area contributed by atoms with Crippen molar-refractivity contribution in [3.05, 3.63) is 58.6 Å². The van der Waals surface area contributed by atoms with Crippen molar-refractivity contribution in [2.24, 2.45) is 5.10 Å². The molecule has 3 rings (SSSR count). The number of methoxy groups -OCH3 is 1. The summed E-state index contributed by atoms with van der Waals surface area (Å²) in [6.07, 6.45) is 1.51. The van der Waals surface area contributed by atoms with Crippen LogP contribution < -0.4 is 10.2 Å². The molecule has 26 heavy (non-hydrogen) atoms. The number of halogens is 1. The normalized spacial score (nSPS) is 10.8. The summed E-state index contributed by atoms with van der Waals surface area (Å²) in [6.45, 7) is -0.0905. The number of hydrazone groups is 1. The van der Waals surface area contributed by atoms with Crippen LogP contribution in [0.25, 0.3) is 11.4 Å². The first-order valence-electron chi connectivity index (χ1n) is 7.64. The SMILES string of the molecule is COc1ccc(Br)cc1/C=N/NC(=O)Cn1nnc(-c2ccccc2)n1. The number of carbonyl (C=O) groups is 1. The van der Waals surface area contributed by atoms with E-state index in [0.29, 0.717) is 11.6 Å². The van der Waals surface area contributed by atoms with Gasteiger partial charge in [0, 0.05) is 15.6 Å². The van der Waals surface area contributed by atoms with Crippen LogP contribution in [0.2, 0.25) is 0 Å². The lowest BCUT2D eigenvalue weighted by atomic mass is 10.2. The van der Waals surface area contributed by atoms with E-state index in [1.807, 2.05) is 42.5 Å². The number of benzene rings is 2. The van der Waals surface area contributed by atoms with Crippen molar-refractivity contribution in [2.45, 2.75) is 6.54 Å². The molecule has 0 unspecified atom stereocenters. The van der Waals surface area contributed by atoms with Crippen LogP contribution in [0.15, 0.2) is 58.1 Å². The minimum absolute atomic E-state index is 0.0905. The highest BCUT2D eigenvalue weighted by Crippen LogP contribution is 2.21. The van der Waals surface area contributed by atoms with Gasteiger partial charge >= 0.3 is 0 Å². The molecule has 132 valence electrons. The lowest BCUT2D eigenvalue weighted by Crippen LogP contribution is -2.24. The van der Waals surface area contributed by atoms with Gasteiger partial charge in [-0.15, -0.1) is 10.2 Å². The van der Waals surface area contributed by atoms with E-state index < -0.39 is 0 Å². The topological polar surface area (TPSA) is 94.3 Å². The zero-order valence-corrected chi connectivity index (χ0v) is 15.4. The average Bonchev–Trinajstić information content (AvgIpc) is 3.11. The monoisotopic (exact) mass is 414 g/mol. The lowest BCUT2D eigenvalue weighted by molar-refractivity contribution is -0.122. The average molecular weight is 415 g/mol. The van der Waals surface area contributed by atoms with Gasteiger partial charge in [-0.1, -0.05) is 46.3 Å². The Morgan fingerprint density at radius 3 is 2.88 bits per heavy atom. The van der Waals surface area contributed by atoms with Gasteiger partial charge in [-0.3, -0.25) is 4.79 Å². The largest absolute Gasteiger partial charge is 0.496 e. The molecule has 0 radical (unpaired) electrons. The predicted molar refractivity (Wildman–Crippen MR) is 99.7 cm³/mol. The molecule has 0 saturated heterocycles. The van der Waals surface area contributed by atoms with Gasteiger partial charge in [0.15, 0.2) is 0 Å². The Hall–Kier alpha value is -3.07. The van der Waals surface area contributed by atoms with Crippen LogP contribution in [-0.4, -0.2) is 39.4 Å². The van der Waals surface area contributed by atoms with Crippen LogP contribution in [0.3, 0.4) is 0 Å². The summed E-state index contributed by atoms with van der Waals surface area (Å²) in [7, 11) is 1.57. The fourth-order valence-corrected chi connectivity index (χ4v) is 2.54. The summed E-state index contributed by atoms with van der Waals surface area (Å²) in [6, 6.07) is 14.9. The first-order chi connectivity index (χ1) is 12.7. The van der Waals surface area contributed by atoms with E-state index in [1.54, 1.807) is 13.2 Å². The van der Waals surface area contributed by atoms with Crippen LogP contribution in [0.4, 0.5) is 0 Å². The number of carbonyl (C=O) groups excluding carboxylic acids is 1. The number of amides is 1. The maximum absolute atomic E-state index is 12.0. The van der Waals surface area contributed by atoms with E-state index in [9.17, 15) is 4.79 Å². The summed E-state index contributed by atoms with van der Waals surface area (Å²) in [5, 5.41) is 15.9. The Morgan fingerprint density at radius 2 is 2.12 bits per heavy atom. The number of tetrazole rings is 1. The Labute approximate surface area is 158 Å². The number of nitrogens with one attached hydrogen (secondary N) is 1. The molecule has 0 spiro atoms. The van der Waals surface area contributed by atoms with Gasteiger partial charge in [-0.2, -0.15) is 9.90 Å². The highest BCUT2D eigenvalue weighted by Gasteiger charge is 2.08. The Balaban J connectivity index is 1.60. The molecule has 3 aromatic rings. The second-order valence-corrected chi connectivity index (χ2v) is 6.10. The summed E-state index contributed by atoms with van der Waals surface area (Å²) >= 11 is 3.38. The molecule has 0 aliphatic rings. The molecule has 0 saturated carbocycles. The zero-order valence-electron chi connectivity index (χ0n) is 13.8. The number of hydrogen-bond donors (Lipinski definition) is 1. The third-order valence-electron chi connectivity index (χ3n) is 3.35. The fraction of sp³-hybridized carbons (Fsp3) is 0.118. The van der Waals surface area contributed by atoms with Gasteiger partial charge < -0.3 is 4.74 Å². The zero-order chi connectivity index (χ0) is 18.4. The van der Waals surface area contributed by atoms with Crippen molar-refractivity contribution in [3.63, 3.8) is 0 Å². The van der Waals surface area contributed by atoms with E-state index in [2.05, 4.69) is 41.9 Å². The predicted octanol–water partition coefficient (Wildman–Crippen LogP) is 2.26. The molecule has 0 aliphatic heterocycles. The van der Waals surface area contributed by atoms with Gasteiger partial charge in [0.25, 0.3) is 5.91 Å². The smallest absolute Gasteiger partial charge is 0.263 e. The molecule has 2 aromatic carbocycles. The molecule has 0 fully saturated rings. The fourth-order valence-electron chi connectivity index (χ4n) is 2.16. The summed E-state index contributed by atoms with van der Waals surface area (Å²) in [4.78, 5) is 13.2. The van der Waals surface area contributed by atoms with Crippen molar-refractivity contribution < 1.29 is 9.53 Å². The molecule has 1 heterocycles. The van der Waals surface area contributed by atoms with Crippen LogP contribution in [0.5, 0.6) is 5.75 Å². The van der Waals surface area contributed by atoms with E-state index in [-0.39, 0.29) is 12.5 Å². The van der Waals surface area contributed by atoms with Crippen molar-refractivity contribution >= 4 is 28.1 Å². The molecule has 8 nitrogen and oxygen atoms in total. The standard InChI is InChI=1S/C17H15BrN6O2/c1-26-15-8-7-14(18)9-13(15)10-19-20-16(25)11-24-22-17(21-23-24)12-5-3-2-4-6-12/h2-10H,11H2,1H3,(H,20,25)/b19-10+. The van der Waals surface area contributed by atoms with Crippen molar-refractivity contribution in [1.29, 1.82) is 0 Å². The van der Waals surface area contributed by atoms with Gasteiger partial charge in [0.1, 0.15) is 12.3 Å². The molecule has 1 amide bonds. The van der Waals surface area contributed by atoms with E-state index >= 15 is 0 Å². The van der Waals surface area contributed by atoms with E-state index in [0.717, 1.165) is 15.6 Å². The van der Waals surface area contributed by atoms with Gasteiger partial charge in [0.05, 0.1) is 13.3 Å². The van der Waals surface area contributed by atoms with Crippen LogP contribution in [-0.2, 0) is 11.3 Å². The van der Waals surface area contributed by atoms with Gasteiger partial charge in [-0.05, 0) is 23.4 Å². The minimum Gasteiger partial charge on any atom is -0.496 e. The molecular formula is C17H15BrN6O2. The van der Waals surface area contributed by atoms with E-state index in [4.69, 9.17) is 4.74 Å². The number of aromatic nitrogens is 4. The molecule has 0 atom stereocenters. The number of nitrogens with zero attached hydrogens (tertiary/aromatic N) is 5. The third kappa shape index (κ3) is 4.51. The van der Waals surface area contributed by atoms with Crippen molar-refractivity contribution in [3.8, 4) is 17.1 Å². The first-order valence-corrected chi connectivity index (χ1v) is 8.43. The second kappa shape index (κ2) is 8.34. The van der Waals surface area contributed by atoms with Crippen LogP contribution in [0.1, 0.15) is 5.56 Å². The van der Waals surface area contributed by atoms with Crippen molar-refractivity contribution in [1.82, 2.24) is 25.6 Å². The number of hydrogen-bond acceptors (Lipinski definition) is 6. The van der Waals surface area contributed by atoms with Crippen LogP contribution in [0, 0.1) is 0 Å². The van der Waals surface area contributed by atoms with Crippen LogP contribution >= 0.6 is 15.9 Å². The molecule has 0 aliphatic carbocycles. The highest BCUT2D eigenvalue weighted by atomic mass is 79.9. The minimum atomic E-state index is -0.368. The molecule has 1 N–H and O–H groups in total. The Morgan fingerprint density at radius 1 is 1.31 bits per heavy atom. The second-order valence-electron chi connectivity index (χ2n) is 5.19.